The number of carbonyl (C=O) groups excluding carboxylic acids is 1. The van der Waals surface area contributed by atoms with Gasteiger partial charge in [0.15, 0.2) is 5.78 Å². The Morgan fingerprint density at radius 2 is 1.15 bits per heavy atom. The fraction of sp³-hybridized carbons (Fsp3) is 0.958. The molecule has 2 heteroatoms. The Kier molecular flexibility index (Phi) is 6.83. The lowest BCUT2D eigenvalue weighted by Gasteiger charge is -2.61. The van der Waals surface area contributed by atoms with Crippen molar-refractivity contribution in [3.05, 3.63) is 0 Å². The summed E-state index contributed by atoms with van der Waals surface area (Å²) in [5, 5.41) is 0. The molecule has 0 amide bonds. The van der Waals surface area contributed by atoms with Crippen LogP contribution in [0.25, 0.3) is 0 Å². The van der Waals surface area contributed by atoms with E-state index in [9.17, 15) is 4.79 Å². The molecule has 1 nitrogen and oxygen atoms in total. The first-order chi connectivity index (χ1) is 12.6. The maximum Gasteiger partial charge on any atom is 0.151 e. The van der Waals surface area contributed by atoms with E-state index in [0.717, 1.165) is 63.2 Å². The molecule has 0 aromatic heterocycles. The number of carbonyl (C=O) groups is 1. The number of Topliss-reactive ketones (excluding diaryl/α,β-unsaturated/α-hetero) is 1. The molecular formula is C24H41FO. The van der Waals surface area contributed by atoms with E-state index >= 15 is 4.39 Å². The molecule has 0 saturated heterocycles. The van der Waals surface area contributed by atoms with E-state index in [2.05, 4.69) is 13.8 Å². The van der Waals surface area contributed by atoms with Crippen LogP contribution in [0.5, 0.6) is 0 Å². The van der Waals surface area contributed by atoms with Crippen molar-refractivity contribution in [1.29, 1.82) is 0 Å². The lowest BCUT2D eigenvalue weighted by atomic mass is 9.41. The molecular weight excluding hydrogens is 323 g/mol. The molecule has 0 bridgehead atoms. The van der Waals surface area contributed by atoms with E-state index in [0.29, 0.717) is 5.78 Å². The highest BCUT2D eigenvalue weighted by Crippen LogP contribution is 2.65. The van der Waals surface area contributed by atoms with Gasteiger partial charge in [-0.25, -0.2) is 4.39 Å². The Morgan fingerprint density at radius 1 is 0.769 bits per heavy atom. The van der Waals surface area contributed by atoms with Crippen molar-refractivity contribution in [2.75, 3.05) is 0 Å². The van der Waals surface area contributed by atoms with Crippen LogP contribution in [0.2, 0.25) is 0 Å². The third-order valence-corrected chi connectivity index (χ3v) is 8.30. The number of ketones is 1. The first kappa shape index (κ1) is 20.3. The summed E-state index contributed by atoms with van der Waals surface area (Å²) in [6.07, 6.45) is 17.2. The van der Waals surface area contributed by atoms with Crippen LogP contribution in [0.4, 0.5) is 4.39 Å². The van der Waals surface area contributed by atoms with Crippen molar-refractivity contribution >= 4 is 5.78 Å². The van der Waals surface area contributed by atoms with Crippen LogP contribution in [0, 0.1) is 22.7 Å². The summed E-state index contributed by atoms with van der Waals surface area (Å²) in [7, 11) is 0. The zero-order chi connectivity index (χ0) is 18.6. The summed E-state index contributed by atoms with van der Waals surface area (Å²) in [6.45, 7) is 4.49. The predicted octanol–water partition coefficient (Wildman–Crippen LogP) is 7.42. The molecule has 0 aromatic carbocycles. The van der Waals surface area contributed by atoms with Crippen molar-refractivity contribution < 1.29 is 9.18 Å². The number of rotatable bonds is 8. The Bertz CT molecular complexity index is 415. The molecule has 0 heterocycles. The number of alkyl halides is 1. The van der Waals surface area contributed by atoms with Gasteiger partial charge in [0.2, 0.25) is 0 Å². The maximum absolute atomic E-state index is 15.5. The van der Waals surface area contributed by atoms with Crippen LogP contribution in [-0.2, 0) is 4.79 Å². The average molecular weight is 365 g/mol. The highest BCUT2D eigenvalue weighted by atomic mass is 19.1. The first-order valence-electron chi connectivity index (χ1n) is 11.8. The van der Waals surface area contributed by atoms with Gasteiger partial charge in [-0.15, -0.1) is 0 Å². The monoisotopic (exact) mass is 364 g/mol. The van der Waals surface area contributed by atoms with Gasteiger partial charge in [-0.3, -0.25) is 4.79 Å². The van der Waals surface area contributed by atoms with Gasteiger partial charge in [0.25, 0.3) is 0 Å². The third-order valence-electron chi connectivity index (χ3n) is 8.30. The minimum absolute atomic E-state index is 0.344. The molecule has 3 saturated carbocycles. The van der Waals surface area contributed by atoms with Crippen molar-refractivity contribution in [3.63, 3.8) is 0 Å². The second kappa shape index (κ2) is 8.74. The van der Waals surface area contributed by atoms with Gasteiger partial charge in [0, 0.05) is 0 Å². The molecule has 3 aliphatic rings. The van der Waals surface area contributed by atoms with Crippen LogP contribution in [0.3, 0.4) is 0 Å². The number of halogens is 1. The summed E-state index contributed by atoms with van der Waals surface area (Å²) >= 11 is 0. The fourth-order valence-corrected chi connectivity index (χ4v) is 6.47. The Morgan fingerprint density at radius 3 is 1.46 bits per heavy atom. The quantitative estimate of drug-likeness (QED) is 0.409. The standard InChI is InChI=1S/C24H41FO/c1-3-5-7-9-19-11-15-23(16-12-19)21(25)24(22(23)26)17-13-20(14-18-24)10-8-6-4-2/h19-21H,3-18H2,1-2H3. The molecule has 2 spiro atoms. The zero-order valence-corrected chi connectivity index (χ0v) is 17.3. The second-order valence-corrected chi connectivity index (χ2v) is 9.88. The molecule has 0 unspecified atom stereocenters. The largest absolute Gasteiger partial charge is 0.298 e. The van der Waals surface area contributed by atoms with E-state index in [1.54, 1.807) is 0 Å². The number of unbranched alkanes of at least 4 members (excludes halogenated alkanes) is 4. The molecule has 3 rings (SSSR count). The highest BCUT2D eigenvalue weighted by Gasteiger charge is 2.71. The van der Waals surface area contributed by atoms with Gasteiger partial charge >= 0.3 is 0 Å². The van der Waals surface area contributed by atoms with Gasteiger partial charge in [-0.05, 0) is 63.2 Å². The summed E-state index contributed by atoms with van der Waals surface area (Å²) in [4.78, 5) is 13.2. The Hall–Kier alpha value is -0.400. The molecule has 0 N–H and O–H groups in total. The van der Waals surface area contributed by atoms with Crippen molar-refractivity contribution in [2.45, 2.75) is 123 Å². The molecule has 26 heavy (non-hydrogen) atoms. The smallest absolute Gasteiger partial charge is 0.151 e. The maximum atomic E-state index is 15.5. The van der Waals surface area contributed by atoms with Gasteiger partial charge in [-0.2, -0.15) is 0 Å². The van der Waals surface area contributed by atoms with E-state index < -0.39 is 17.0 Å². The fourth-order valence-electron chi connectivity index (χ4n) is 6.47. The Balaban J connectivity index is 1.48. The van der Waals surface area contributed by atoms with Gasteiger partial charge in [-0.1, -0.05) is 65.2 Å². The lowest BCUT2D eigenvalue weighted by molar-refractivity contribution is -0.193. The summed E-state index contributed by atoms with van der Waals surface area (Å²) in [5.74, 6) is 1.84. The predicted molar refractivity (Wildman–Crippen MR) is 107 cm³/mol. The average Bonchev–Trinajstić information content (AvgIpc) is 2.69. The zero-order valence-electron chi connectivity index (χ0n) is 17.3. The molecule has 0 atom stereocenters. The van der Waals surface area contributed by atoms with Crippen LogP contribution in [0.15, 0.2) is 0 Å². The lowest BCUT2D eigenvalue weighted by Crippen LogP contribution is -2.69. The molecule has 0 radical (unpaired) electrons. The van der Waals surface area contributed by atoms with Crippen molar-refractivity contribution in [2.24, 2.45) is 22.7 Å². The molecule has 3 fully saturated rings. The van der Waals surface area contributed by atoms with Crippen LogP contribution >= 0.6 is 0 Å². The minimum atomic E-state index is -0.837. The molecule has 0 aromatic rings. The van der Waals surface area contributed by atoms with Crippen LogP contribution in [0.1, 0.15) is 117 Å². The summed E-state index contributed by atoms with van der Waals surface area (Å²) < 4.78 is 15.5. The third kappa shape index (κ3) is 3.63. The van der Waals surface area contributed by atoms with E-state index in [1.807, 2.05) is 0 Å². The molecule has 0 aliphatic heterocycles. The van der Waals surface area contributed by atoms with Crippen molar-refractivity contribution in [3.8, 4) is 0 Å². The molecule has 150 valence electrons. The minimum Gasteiger partial charge on any atom is -0.298 e. The Labute approximate surface area is 160 Å². The van der Waals surface area contributed by atoms with Crippen LogP contribution < -0.4 is 0 Å². The number of hydrogen-bond donors (Lipinski definition) is 0. The van der Waals surface area contributed by atoms with E-state index in [4.69, 9.17) is 0 Å². The van der Waals surface area contributed by atoms with Gasteiger partial charge in [0.1, 0.15) is 6.17 Å². The number of hydrogen-bond acceptors (Lipinski definition) is 1. The second-order valence-electron chi connectivity index (χ2n) is 9.88. The van der Waals surface area contributed by atoms with E-state index in [1.165, 1.54) is 51.4 Å². The van der Waals surface area contributed by atoms with Gasteiger partial charge < -0.3 is 0 Å². The summed E-state index contributed by atoms with van der Waals surface area (Å²) in [6, 6.07) is 0. The highest BCUT2D eigenvalue weighted by molar-refractivity contribution is 5.98. The summed E-state index contributed by atoms with van der Waals surface area (Å²) in [5.41, 5.74) is -1.12. The van der Waals surface area contributed by atoms with E-state index in [-0.39, 0.29) is 0 Å². The normalized spacial score (nSPS) is 40.1. The van der Waals surface area contributed by atoms with Crippen molar-refractivity contribution in [1.82, 2.24) is 0 Å². The first-order valence-corrected chi connectivity index (χ1v) is 11.8. The SMILES string of the molecule is CCCCCC1CCC2(CC1)C(=O)C1(CCC(CCCCC)CC1)C2F. The molecule has 3 aliphatic carbocycles. The topological polar surface area (TPSA) is 17.1 Å². The van der Waals surface area contributed by atoms with Crippen LogP contribution in [-0.4, -0.2) is 12.0 Å². The van der Waals surface area contributed by atoms with Gasteiger partial charge in [0.05, 0.1) is 10.8 Å².